The molecular formula is C17H23NO4. The Kier molecular flexibility index (Phi) is 3.85. The summed E-state index contributed by atoms with van der Waals surface area (Å²) in [6, 6.07) is 0. The number of hydrogen-bond donors (Lipinski definition) is 1. The first kappa shape index (κ1) is 15.3. The van der Waals surface area contributed by atoms with Crippen LogP contribution in [0, 0.1) is 12.3 Å². The maximum atomic E-state index is 12.3. The number of nitrogens with one attached hydrogen (secondary N) is 1. The lowest BCUT2D eigenvalue weighted by Gasteiger charge is -2.27. The highest BCUT2D eigenvalue weighted by molar-refractivity contribution is 6.03. The van der Waals surface area contributed by atoms with Crippen LogP contribution in [0.2, 0.25) is 0 Å². The molecule has 2 aliphatic rings. The molecule has 5 heteroatoms. The number of ketones is 1. The molecule has 0 unspecified atom stereocenters. The predicted molar refractivity (Wildman–Crippen MR) is 81.2 cm³/mol. The quantitative estimate of drug-likeness (QED) is 0.932. The minimum atomic E-state index is -0.256. The predicted octanol–water partition coefficient (Wildman–Crippen LogP) is 2.65. The first-order valence-electron chi connectivity index (χ1n) is 7.93. The fourth-order valence-corrected chi connectivity index (χ4v) is 3.39. The average molecular weight is 305 g/mol. The van der Waals surface area contributed by atoms with Gasteiger partial charge in [0.15, 0.2) is 11.5 Å². The molecule has 1 atom stereocenters. The molecule has 120 valence electrons. The number of ether oxygens (including phenoxy) is 1. The summed E-state index contributed by atoms with van der Waals surface area (Å²) in [6.07, 6.45) is 3.29. The van der Waals surface area contributed by atoms with Crippen LogP contribution in [0.3, 0.4) is 0 Å². The number of amides is 1. The molecule has 0 bridgehead atoms. The molecule has 0 spiro atoms. The second kappa shape index (κ2) is 5.54. The highest BCUT2D eigenvalue weighted by Crippen LogP contribution is 2.38. The Bertz CT molecular complexity index is 608. The van der Waals surface area contributed by atoms with Crippen LogP contribution >= 0.6 is 0 Å². The summed E-state index contributed by atoms with van der Waals surface area (Å²) in [6.45, 7) is 7.13. The van der Waals surface area contributed by atoms with Gasteiger partial charge < -0.3 is 14.5 Å². The molecule has 3 rings (SSSR count). The molecule has 1 aromatic rings. The molecule has 0 saturated carbocycles. The third-order valence-electron chi connectivity index (χ3n) is 4.50. The maximum Gasteiger partial charge on any atom is 0.287 e. The van der Waals surface area contributed by atoms with E-state index in [0.29, 0.717) is 36.3 Å². The highest BCUT2D eigenvalue weighted by atomic mass is 16.5. The Balaban J connectivity index is 1.77. The molecule has 0 aromatic carbocycles. The van der Waals surface area contributed by atoms with E-state index in [2.05, 4.69) is 5.32 Å². The van der Waals surface area contributed by atoms with Gasteiger partial charge in [0, 0.05) is 31.6 Å². The fraction of sp³-hybridized carbons (Fsp3) is 0.647. The molecule has 22 heavy (non-hydrogen) atoms. The third-order valence-corrected chi connectivity index (χ3v) is 4.50. The Morgan fingerprint density at radius 2 is 2.14 bits per heavy atom. The number of fused-ring (bicyclic) bond motifs is 1. The summed E-state index contributed by atoms with van der Waals surface area (Å²) >= 11 is 0. The lowest BCUT2D eigenvalue weighted by molar-refractivity contribution is 0.0828. The van der Waals surface area contributed by atoms with Crippen molar-refractivity contribution in [2.24, 2.45) is 5.41 Å². The van der Waals surface area contributed by atoms with Gasteiger partial charge >= 0.3 is 0 Å². The summed E-state index contributed by atoms with van der Waals surface area (Å²) in [5, 5.41) is 2.86. The van der Waals surface area contributed by atoms with Crippen molar-refractivity contribution in [3.63, 3.8) is 0 Å². The summed E-state index contributed by atoms with van der Waals surface area (Å²) in [5.74, 6) is 0.744. The third kappa shape index (κ3) is 2.82. The van der Waals surface area contributed by atoms with Crippen molar-refractivity contribution in [1.29, 1.82) is 0 Å². The monoisotopic (exact) mass is 305 g/mol. The summed E-state index contributed by atoms with van der Waals surface area (Å²) in [5.41, 5.74) is 1.17. The van der Waals surface area contributed by atoms with Gasteiger partial charge in [0.05, 0.1) is 11.7 Å². The van der Waals surface area contributed by atoms with Crippen molar-refractivity contribution < 1.29 is 18.7 Å². The first-order valence-corrected chi connectivity index (χ1v) is 7.93. The van der Waals surface area contributed by atoms with Gasteiger partial charge in [-0.2, -0.15) is 0 Å². The van der Waals surface area contributed by atoms with Crippen LogP contribution in [-0.2, 0) is 11.2 Å². The Labute approximate surface area is 130 Å². The maximum absolute atomic E-state index is 12.3. The standard InChI is InChI=1S/C17H23NO4/c1-10-14-12(19)7-17(2,3)8-13(14)22-15(10)16(20)18-9-11-5-4-6-21-11/h11H,4-9H2,1-3H3,(H,18,20)/t11-/m1/s1. The minimum Gasteiger partial charge on any atom is -0.455 e. The van der Waals surface area contributed by atoms with E-state index in [9.17, 15) is 9.59 Å². The minimum absolute atomic E-state index is 0.0747. The van der Waals surface area contributed by atoms with Crippen LogP contribution in [0.5, 0.6) is 0 Å². The van der Waals surface area contributed by atoms with E-state index in [-0.39, 0.29) is 29.0 Å². The van der Waals surface area contributed by atoms with Crippen LogP contribution in [-0.4, -0.2) is 30.9 Å². The highest BCUT2D eigenvalue weighted by Gasteiger charge is 2.37. The Morgan fingerprint density at radius 1 is 1.36 bits per heavy atom. The summed E-state index contributed by atoms with van der Waals surface area (Å²) in [4.78, 5) is 24.6. The average Bonchev–Trinajstić information content (AvgIpc) is 3.02. The molecule has 1 aromatic heterocycles. The number of Topliss-reactive ketones (excluding diaryl/α,β-unsaturated/α-hetero) is 1. The van der Waals surface area contributed by atoms with Gasteiger partial charge in [-0.1, -0.05) is 13.8 Å². The lowest BCUT2D eigenvalue weighted by atomic mass is 9.76. The van der Waals surface area contributed by atoms with Crippen LogP contribution in [0.25, 0.3) is 0 Å². The fourth-order valence-electron chi connectivity index (χ4n) is 3.39. The number of furan rings is 1. The van der Waals surface area contributed by atoms with E-state index < -0.39 is 0 Å². The normalized spacial score (nSPS) is 23.4. The molecule has 0 radical (unpaired) electrons. The van der Waals surface area contributed by atoms with Gasteiger partial charge in [0.1, 0.15) is 5.76 Å². The number of carbonyl (C=O) groups excluding carboxylic acids is 2. The van der Waals surface area contributed by atoms with E-state index in [1.54, 1.807) is 6.92 Å². The van der Waals surface area contributed by atoms with Crippen molar-refractivity contribution in [1.82, 2.24) is 5.32 Å². The lowest BCUT2D eigenvalue weighted by Crippen LogP contribution is -2.31. The van der Waals surface area contributed by atoms with Gasteiger partial charge in [0.2, 0.25) is 0 Å². The Hall–Kier alpha value is -1.62. The van der Waals surface area contributed by atoms with Crippen LogP contribution in [0.1, 0.15) is 65.3 Å². The zero-order valence-electron chi connectivity index (χ0n) is 13.5. The topological polar surface area (TPSA) is 68.5 Å². The van der Waals surface area contributed by atoms with E-state index >= 15 is 0 Å². The van der Waals surface area contributed by atoms with Crippen molar-refractivity contribution >= 4 is 11.7 Å². The van der Waals surface area contributed by atoms with Gasteiger partial charge in [0.25, 0.3) is 5.91 Å². The largest absolute Gasteiger partial charge is 0.455 e. The number of carbonyl (C=O) groups is 2. The smallest absolute Gasteiger partial charge is 0.287 e. The number of rotatable bonds is 3. The zero-order chi connectivity index (χ0) is 15.9. The molecule has 5 nitrogen and oxygen atoms in total. The van der Waals surface area contributed by atoms with Crippen LogP contribution < -0.4 is 5.32 Å². The second-order valence-corrected chi connectivity index (χ2v) is 7.14. The number of hydrogen-bond acceptors (Lipinski definition) is 4. The molecular weight excluding hydrogens is 282 g/mol. The van der Waals surface area contributed by atoms with Crippen molar-refractivity contribution in [3.8, 4) is 0 Å². The van der Waals surface area contributed by atoms with E-state index in [4.69, 9.17) is 9.15 Å². The molecule has 1 saturated heterocycles. The van der Waals surface area contributed by atoms with Crippen LogP contribution in [0.4, 0.5) is 0 Å². The van der Waals surface area contributed by atoms with Gasteiger partial charge in [-0.05, 0) is 25.2 Å². The van der Waals surface area contributed by atoms with Crippen molar-refractivity contribution in [2.45, 2.75) is 52.6 Å². The van der Waals surface area contributed by atoms with Gasteiger partial charge in [-0.25, -0.2) is 0 Å². The van der Waals surface area contributed by atoms with Gasteiger partial charge in [-0.3, -0.25) is 9.59 Å². The van der Waals surface area contributed by atoms with Crippen molar-refractivity contribution in [3.05, 3.63) is 22.6 Å². The van der Waals surface area contributed by atoms with Gasteiger partial charge in [-0.15, -0.1) is 0 Å². The zero-order valence-corrected chi connectivity index (χ0v) is 13.5. The van der Waals surface area contributed by atoms with Crippen molar-refractivity contribution in [2.75, 3.05) is 13.2 Å². The molecule has 1 N–H and O–H groups in total. The Morgan fingerprint density at radius 3 is 2.82 bits per heavy atom. The molecule has 2 heterocycles. The molecule has 1 amide bonds. The summed E-state index contributed by atoms with van der Waals surface area (Å²) < 4.78 is 11.2. The van der Waals surface area contributed by atoms with Crippen LogP contribution in [0.15, 0.2) is 4.42 Å². The van der Waals surface area contributed by atoms with E-state index in [1.165, 1.54) is 0 Å². The summed E-state index contributed by atoms with van der Waals surface area (Å²) in [7, 11) is 0. The van der Waals surface area contributed by atoms with E-state index in [1.807, 2.05) is 13.8 Å². The molecule has 1 fully saturated rings. The molecule has 1 aliphatic heterocycles. The SMILES string of the molecule is Cc1c(C(=O)NC[C@H]2CCCO2)oc2c1C(=O)CC(C)(C)C2. The van der Waals surface area contributed by atoms with E-state index in [0.717, 1.165) is 19.4 Å². The second-order valence-electron chi connectivity index (χ2n) is 7.14. The molecule has 1 aliphatic carbocycles. The first-order chi connectivity index (χ1) is 10.4.